The molecule has 160 valence electrons. The molecule has 0 aliphatic rings. The van der Waals surface area contributed by atoms with Crippen molar-refractivity contribution in [3.05, 3.63) is 74.5 Å². The highest BCUT2D eigenvalue weighted by Crippen LogP contribution is 2.40. The Morgan fingerprint density at radius 2 is 1.81 bits per heavy atom. The molecular formula is C21H17Cl3N4O2S. The van der Waals surface area contributed by atoms with Crippen LogP contribution < -0.4 is 10.6 Å². The van der Waals surface area contributed by atoms with Gasteiger partial charge in [0.1, 0.15) is 5.15 Å². The van der Waals surface area contributed by atoms with E-state index in [0.29, 0.717) is 22.8 Å². The molecule has 2 N–H and O–H groups in total. The fourth-order valence-corrected chi connectivity index (χ4v) is 3.87. The molecule has 1 amide bonds. The van der Waals surface area contributed by atoms with Gasteiger partial charge in [0.05, 0.1) is 15.6 Å². The monoisotopic (exact) mass is 494 g/mol. The molecular weight excluding hydrogens is 479 g/mol. The molecule has 1 aromatic heterocycles. The summed E-state index contributed by atoms with van der Waals surface area (Å²) < 4.78 is 0. The molecule has 0 spiro atoms. The van der Waals surface area contributed by atoms with E-state index < -0.39 is 5.91 Å². The maximum absolute atomic E-state index is 11.7. The van der Waals surface area contributed by atoms with Gasteiger partial charge in [-0.25, -0.2) is 9.97 Å². The summed E-state index contributed by atoms with van der Waals surface area (Å²) in [5, 5.41) is 1.14. The van der Waals surface area contributed by atoms with Crippen LogP contribution in [0.3, 0.4) is 0 Å². The highest BCUT2D eigenvalue weighted by Gasteiger charge is 2.22. The summed E-state index contributed by atoms with van der Waals surface area (Å²) in [6.07, 6.45) is 0.581. The van der Waals surface area contributed by atoms with Crippen molar-refractivity contribution in [2.45, 2.75) is 20.3 Å². The van der Waals surface area contributed by atoms with Crippen molar-refractivity contribution in [1.29, 1.82) is 0 Å². The van der Waals surface area contributed by atoms with Gasteiger partial charge < -0.3 is 10.6 Å². The number of thiocarbonyl (C=S) groups is 1. The molecule has 0 saturated carbocycles. The maximum Gasteiger partial charge on any atom is 0.259 e. The van der Waals surface area contributed by atoms with Gasteiger partial charge >= 0.3 is 0 Å². The van der Waals surface area contributed by atoms with E-state index in [1.54, 1.807) is 6.07 Å². The third-order valence-corrected chi connectivity index (χ3v) is 5.51. The molecule has 3 rings (SSSR count). The second kappa shape index (κ2) is 9.78. The molecule has 2 aromatic carbocycles. The van der Waals surface area contributed by atoms with Crippen LogP contribution in [0.5, 0.6) is 5.75 Å². The Labute approximate surface area is 199 Å². The zero-order chi connectivity index (χ0) is 22.7. The van der Waals surface area contributed by atoms with Crippen LogP contribution in [0.25, 0.3) is 11.4 Å². The molecule has 31 heavy (non-hydrogen) atoms. The first kappa shape index (κ1) is 23.2. The van der Waals surface area contributed by atoms with Crippen LogP contribution in [0.1, 0.15) is 23.7 Å². The third kappa shape index (κ3) is 5.25. The summed E-state index contributed by atoms with van der Waals surface area (Å²) in [6, 6.07) is 12.9. The minimum absolute atomic E-state index is 0.0845. The number of nitrogens with zero attached hydrogens (tertiary/aromatic N) is 3. The van der Waals surface area contributed by atoms with Gasteiger partial charge in [0.15, 0.2) is 11.6 Å². The number of halogens is 3. The predicted molar refractivity (Wildman–Crippen MR) is 126 cm³/mol. The molecule has 3 aromatic rings. The third-order valence-electron chi connectivity index (χ3n) is 4.34. The van der Waals surface area contributed by atoms with Crippen molar-refractivity contribution in [2.24, 2.45) is 5.73 Å². The summed E-state index contributed by atoms with van der Waals surface area (Å²) in [4.78, 5) is 26.2. The minimum Gasteiger partial charge on any atom is -0.373 e. The van der Waals surface area contributed by atoms with Gasteiger partial charge in [0.2, 0.25) is 5.11 Å². The maximum atomic E-state index is 11.7. The van der Waals surface area contributed by atoms with Crippen LogP contribution in [0, 0.1) is 6.92 Å². The predicted octanol–water partition coefficient (Wildman–Crippen LogP) is 5.39. The van der Waals surface area contributed by atoms with E-state index in [0.717, 1.165) is 16.2 Å². The quantitative estimate of drug-likeness (QED) is 0.290. The molecule has 0 radical (unpaired) electrons. The average molecular weight is 496 g/mol. The number of rotatable bonds is 5. The second-order valence-corrected chi connectivity index (χ2v) is 8.10. The standard InChI is InChI=1S/C21H17Cl3N4O2S/c1-11-14(10-13-6-4-3-5-7-13)19(24)27-20(26-11)17-15(22)8-9-16(18(17)23)30-28(12(2)29)21(25)31/h3-9H,10H2,1-2H3,(H2,25,31). The average Bonchev–Trinajstić information content (AvgIpc) is 2.70. The van der Waals surface area contributed by atoms with E-state index >= 15 is 0 Å². The number of amides is 1. The van der Waals surface area contributed by atoms with Crippen molar-refractivity contribution in [3.63, 3.8) is 0 Å². The lowest BCUT2D eigenvalue weighted by Crippen LogP contribution is -2.41. The first-order chi connectivity index (χ1) is 14.7. The summed E-state index contributed by atoms with van der Waals surface area (Å²) >= 11 is 24.2. The highest BCUT2D eigenvalue weighted by atomic mass is 35.5. The molecule has 0 fully saturated rings. The number of hydrogen-bond acceptors (Lipinski definition) is 5. The fraction of sp³-hybridized carbons (Fsp3) is 0.143. The summed E-state index contributed by atoms with van der Waals surface area (Å²) in [6.45, 7) is 3.09. The SMILES string of the molecule is CC(=O)N(Oc1ccc(Cl)c(-c2nc(C)c(Cc3ccccc3)c(Cl)n2)c1Cl)C(N)=S. The molecule has 1 heterocycles. The van der Waals surface area contributed by atoms with Gasteiger partial charge in [-0.2, -0.15) is 0 Å². The summed E-state index contributed by atoms with van der Waals surface area (Å²) in [7, 11) is 0. The van der Waals surface area contributed by atoms with E-state index in [1.807, 2.05) is 37.3 Å². The summed E-state index contributed by atoms with van der Waals surface area (Å²) in [5.74, 6) is -0.181. The first-order valence-corrected chi connectivity index (χ1v) is 10.6. The van der Waals surface area contributed by atoms with E-state index in [-0.39, 0.29) is 26.7 Å². The molecule has 0 aliphatic carbocycles. The number of aromatic nitrogens is 2. The molecule has 6 nitrogen and oxygen atoms in total. The number of hydroxylamine groups is 2. The number of hydrogen-bond donors (Lipinski definition) is 1. The Morgan fingerprint density at radius 3 is 2.39 bits per heavy atom. The van der Waals surface area contributed by atoms with Crippen LogP contribution in [-0.2, 0) is 11.2 Å². The van der Waals surface area contributed by atoms with Crippen LogP contribution in [0.2, 0.25) is 15.2 Å². The van der Waals surface area contributed by atoms with Crippen molar-refractivity contribution in [3.8, 4) is 17.1 Å². The van der Waals surface area contributed by atoms with Gasteiger partial charge in [-0.05, 0) is 36.8 Å². The van der Waals surface area contributed by atoms with Crippen molar-refractivity contribution < 1.29 is 9.63 Å². The number of nitrogens with two attached hydrogens (primary N) is 1. The fourth-order valence-electron chi connectivity index (χ4n) is 2.85. The van der Waals surface area contributed by atoms with Crippen LogP contribution in [0.4, 0.5) is 0 Å². The van der Waals surface area contributed by atoms with Crippen molar-refractivity contribution in [2.75, 3.05) is 0 Å². The highest BCUT2D eigenvalue weighted by molar-refractivity contribution is 7.80. The van der Waals surface area contributed by atoms with E-state index in [1.165, 1.54) is 13.0 Å². The Hall–Kier alpha value is -2.45. The van der Waals surface area contributed by atoms with Crippen molar-refractivity contribution in [1.82, 2.24) is 15.0 Å². The van der Waals surface area contributed by atoms with Gasteiger partial charge in [-0.15, -0.1) is 5.06 Å². The zero-order valence-corrected chi connectivity index (χ0v) is 19.6. The molecule has 0 unspecified atom stereocenters. The second-order valence-electron chi connectivity index (χ2n) is 6.54. The van der Waals surface area contributed by atoms with Crippen LogP contribution in [-0.4, -0.2) is 26.1 Å². The Kier molecular flexibility index (Phi) is 7.33. The van der Waals surface area contributed by atoms with E-state index in [2.05, 4.69) is 9.97 Å². The minimum atomic E-state index is -0.513. The molecule has 0 saturated heterocycles. The van der Waals surface area contributed by atoms with Gasteiger partial charge in [-0.1, -0.05) is 65.1 Å². The topological polar surface area (TPSA) is 81.3 Å². The number of aryl methyl sites for hydroxylation is 1. The Bertz CT molecular complexity index is 1120. The molecule has 10 heteroatoms. The van der Waals surface area contributed by atoms with Crippen LogP contribution >= 0.6 is 47.0 Å². The first-order valence-electron chi connectivity index (χ1n) is 9.02. The van der Waals surface area contributed by atoms with Gasteiger partial charge in [-0.3, -0.25) is 4.79 Å². The number of carbonyl (C=O) groups excluding carboxylic acids is 1. The molecule has 0 bridgehead atoms. The molecule has 0 aliphatic heterocycles. The lowest BCUT2D eigenvalue weighted by atomic mass is 10.1. The van der Waals surface area contributed by atoms with E-state index in [4.69, 9.17) is 57.6 Å². The lowest BCUT2D eigenvalue weighted by Gasteiger charge is -2.20. The Morgan fingerprint density at radius 1 is 1.13 bits per heavy atom. The largest absolute Gasteiger partial charge is 0.373 e. The Balaban J connectivity index is 2.02. The summed E-state index contributed by atoms with van der Waals surface area (Å²) in [5.41, 5.74) is 8.41. The van der Waals surface area contributed by atoms with Gasteiger partial charge in [0, 0.05) is 24.6 Å². The normalized spacial score (nSPS) is 10.6. The van der Waals surface area contributed by atoms with E-state index in [9.17, 15) is 4.79 Å². The number of carbonyl (C=O) groups is 1. The zero-order valence-electron chi connectivity index (χ0n) is 16.5. The smallest absolute Gasteiger partial charge is 0.259 e. The lowest BCUT2D eigenvalue weighted by molar-refractivity contribution is -0.141. The van der Waals surface area contributed by atoms with Gasteiger partial charge in [0.25, 0.3) is 5.91 Å². The van der Waals surface area contributed by atoms with Crippen molar-refractivity contribution >= 4 is 58.0 Å². The number of benzene rings is 2. The van der Waals surface area contributed by atoms with Crippen LogP contribution in [0.15, 0.2) is 42.5 Å². The molecule has 0 atom stereocenters.